The fraction of sp³-hybridized carbons (Fsp3) is 0.200. The zero-order valence-electron chi connectivity index (χ0n) is 8.84. The van der Waals surface area contributed by atoms with Crippen molar-refractivity contribution in [3.05, 3.63) is 24.3 Å². The Hall–Kier alpha value is -1.87. The van der Waals surface area contributed by atoms with E-state index in [1.807, 2.05) is 0 Å². The van der Waals surface area contributed by atoms with Crippen LogP contribution in [0.1, 0.15) is 0 Å². The van der Waals surface area contributed by atoms with E-state index in [-0.39, 0.29) is 4.90 Å². The van der Waals surface area contributed by atoms with Crippen LogP contribution in [0.4, 0.5) is 5.69 Å². The van der Waals surface area contributed by atoms with E-state index < -0.39 is 15.7 Å². The minimum Gasteiger partial charge on any atom is -0.303 e. The number of nitriles is 1. The van der Waals surface area contributed by atoms with Gasteiger partial charge in [0.05, 0.1) is 4.90 Å². The van der Waals surface area contributed by atoms with Gasteiger partial charge >= 0.3 is 5.91 Å². The second-order valence-electron chi connectivity index (χ2n) is 3.24. The minimum atomic E-state index is -3.24. The fourth-order valence-corrected chi connectivity index (χ4v) is 1.74. The van der Waals surface area contributed by atoms with E-state index in [9.17, 15) is 13.2 Å². The SMILES string of the molecule is CN(C(=O)C#N)c1ccc(S(C)(=O)=O)cc1. The molecule has 0 N–H and O–H groups in total. The Balaban J connectivity index is 3.06. The summed E-state index contributed by atoms with van der Waals surface area (Å²) >= 11 is 0. The molecule has 0 aliphatic rings. The van der Waals surface area contributed by atoms with Gasteiger partial charge in [-0.1, -0.05) is 0 Å². The number of hydrogen-bond donors (Lipinski definition) is 0. The molecular formula is C10H10N2O3S. The summed E-state index contributed by atoms with van der Waals surface area (Å²) in [7, 11) is -1.79. The molecule has 0 unspecified atom stereocenters. The summed E-state index contributed by atoms with van der Waals surface area (Å²) in [6, 6.07) is 7.22. The van der Waals surface area contributed by atoms with Gasteiger partial charge in [-0.15, -0.1) is 0 Å². The van der Waals surface area contributed by atoms with Crippen molar-refractivity contribution >= 4 is 21.4 Å². The first-order valence-corrected chi connectivity index (χ1v) is 6.23. The van der Waals surface area contributed by atoms with Crippen LogP contribution in [-0.2, 0) is 14.6 Å². The number of hydrogen-bond acceptors (Lipinski definition) is 4. The number of amides is 1. The van der Waals surface area contributed by atoms with E-state index in [1.165, 1.54) is 37.4 Å². The van der Waals surface area contributed by atoms with Crippen LogP contribution < -0.4 is 4.90 Å². The Kier molecular flexibility index (Phi) is 3.30. The summed E-state index contributed by atoms with van der Waals surface area (Å²) in [6.07, 6.45) is 1.10. The highest BCUT2D eigenvalue weighted by atomic mass is 32.2. The maximum absolute atomic E-state index is 11.2. The van der Waals surface area contributed by atoms with Crippen molar-refractivity contribution in [3.8, 4) is 6.07 Å². The molecule has 0 saturated heterocycles. The third kappa shape index (κ3) is 2.58. The number of sulfone groups is 1. The molecule has 0 radical (unpaired) electrons. The molecule has 0 fully saturated rings. The first kappa shape index (κ1) is 12.2. The summed E-state index contributed by atoms with van der Waals surface area (Å²) < 4.78 is 22.3. The Labute approximate surface area is 93.8 Å². The van der Waals surface area contributed by atoms with Crippen LogP contribution in [0.3, 0.4) is 0 Å². The highest BCUT2D eigenvalue weighted by Gasteiger charge is 2.11. The van der Waals surface area contributed by atoms with Gasteiger partial charge in [-0.2, -0.15) is 5.26 Å². The molecule has 1 aromatic rings. The largest absolute Gasteiger partial charge is 0.329 e. The first-order valence-electron chi connectivity index (χ1n) is 4.34. The summed E-state index contributed by atoms with van der Waals surface area (Å²) in [5.74, 6) is -0.702. The molecule has 0 aliphatic carbocycles. The Morgan fingerprint density at radius 1 is 1.31 bits per heavy atom. The molecule has 0 spiro atoms. The van der Waals surface area contributed by atoms with Crippen LogP contribution in [0, 0.1) is 11.3 Å². The van der Waals surface area contributed by atoms with Crippen molar-refractivity contribution in [3.63, 3.8) is 0 Å². The number of carbonyl (C=O) groups is 1. The van der Waals surface area contributed by atoms with Gasteiger partial charge in [0.25, 0.3) is 0 Å². The number of carbonyl (C=O) groups excluding carboxylic acids is 1. The van der Waals surface area contributed by atoms with Crippen LogP contribution in [0.15, 0.2) is 29.2 Å². The first-order chi connectivity index (χ1) is 7.36. The molecule has 1 amide bonds. The molecule has 16 heavy (non-hydrogen) atoms. The third-order valence-corrected chi connectivity index (χ3v) is 3.18. The molecule has 6 heteroatoms. The maximum Gasteiger partial charge on any atom is 0.329 e. The summed E-state index contributed by atoms with van der Waals surface area (Å²) in [4.78, 5) is 12.4. The molecule has 0 aliphatic heterocycles. The average molecular weight is 238 g/mol. The van der Waals surface area contributed by atoms with Crippen LogP contribution in [0.25, 0.3) is 0 Å². The molecule has 0 heterocycles. The normalized spacial score (nSPS) is 10.6. The van der Waals surface area contributed by atoms with E-state index in [1.54, 1.807) is 0 Å². The van der Waals surface area contributed by atoms with Crippen molar-refractivity contribution in [1.82, 2.24) is 0 Å². The van der Waals surface area contributed by atoms with Crippen molar-refractivity contribution < 1.29 is 13.2 Å². The van der Waals surface area contributed by atoms with Crippen molar-refractivity contribution in [1.29, 1.82) is 5.26 Å². The topological polar surface area (TPSA) is 78.2 Å². The lowest BCUT2D eigenvalue weighted by atomic mass is 10.3. The fourth-order valence-electron chi connectivity index (χ4n) is 1.11. The zero-order valence-corrected chi connectivity index (χ0v) is 9.65. The minimum absolute atomic E-state index is 0.175. The van der Waals surface area contributed by atoms with Gasteiger partial charge in [0.1, 0.15) is 0 Å². The smallest absolute Gasteiger partial charge is 0.303 e. The van der Waals surface area contributed by atoms with Crippen LogP contribution in [-0.4, -0.2) is 27.6 Å². The monoisotopic (exact) mass is 238 g/mol. The lowest BCUT2D eigenvalue weighted by Gasteiger charge is -2.13. The molecule has 1 aromatic carbocycles. The Bertz CT molecular complexity index is 540. The van der Waals surface area contributed by atoms with Crippen molar-refractivity contribution in [2.24, 2.45) is 0 Å². The van der Waals surface area contributed by atoms with Crippen molar-refractivity contribution in [2.45, 2.75) is 4.90 Å². The van der Waals surface area contributed by atoms with Crippen molar-refractivity contribution in [2.75, 3.05) is 18.2 Å². The highest BCUT2D eigenvalue weighted by Crippen LogP contribution is 2.16. The van der Waals surface area contributed by atoms with Gasteiger partial charge in [-0.3, -0.25) is 4.79 Å². The third-order valence-electron chi connectivity index (χ3n) is 2.05. The highest BCUT2D eigenvalue weighted by molar-refractivity contribution is 7.90. The van der Waals surface area contributed by atoms with Gasteiger partial charge in [-0.25, -0.2) is 8.42 Å². The molecule has 0 atom stereocenters. The quantitative estimate of drug-likeness (QED) is 0.706. The molecular weight excluding hydrogens is 228 g/mol. The molecule has 0 saturated carbocycles. The lowest BCUT2D eigenvalue weighted by Crippen LogP contribution is -2.24. The molecule has 84 valence electrons. The predicted octanol–water partition coefficient (Wildman–Crippen LogP) is 0.576. The van der Waals surface area contributed by atoms with E-state index in [2.05, 4.69) is 0 Å². The lowest BCUT2D eigenvalue weighted by molar-refractivity contribution is -0.113. The van der Waals surface area contributed by atoms with Gasteiger partial charge in [-0.05, 0) is 24.3 Å². The molecule has 0 aromatic heterocycles. The summed E-state index contributed by atoms with van der Waals surface area (Å²) in [5.41, 5.74) is 0.471. The Morgan fingerprint density at radius 3 is 2.19 bits per heavy atom. The summed E-state index contributed by atoms with van der Waals surface area (Å²) in [6.45, 7) is 0. The van der Waals surface area contributed by atoms with Gasteiger partial charge in [0, 0.05) is 19.0 Å². The zero-order chi connectivity index (χ0) is 12.3. The summed E-state index contributed by atoms with van der Waals surface area (Å²) in [5, 5.41) is 8.41. The van der Waals surface area contributed by atoms with Gasteiger partial charge in [0.2, 0.25) is 0 Å². The van der Waals surface area contributed by atoms with Gasteiger partial charge in [0.15, 0.2) is 15.9 Å². The molecule has 5 nitrogen and oxygen atoms in total. The second kappa shape index (κ2) is 4.33. The van der Waals surface area contributed by atoms with Crippen LogP contribution in [0.2, 0.25) is 0 Å². The van der Waals surface area contributed by atoms with E-state index >= 15 is 0 Å². The molecule has 1 rings (SSSR count). The predicted molar refractivity (Wildman–Crippen MR) is 58.6 cm³/mol. The Morgan fingerprint density at radius 2 is 1.81 bits per heavy atom. The number of nitrogens with zero attached hydrogens (tertiary/aromatic N) is 2. The second-order valence-corrected chi connectivity index (χ2v) is 5.26. The van der Waals surface area contributed by atoms with E-state index in [4.69, 9.17) is 5.26 Å². The number of rotatable bonds is 2. The van der Waals surface area contributed by atoms with Crippen LogP contribution >= 0.6 is 0 Å². The number of benzene rings is 1. The van der Waals surface area contributed by atoms with E-state index in [0.717, 1.165) is 11.2 Å². The maximum atomic E-state index is 11.2. The van der Waals surface area contributed by atoms with E-state index in [0.29, 0.717) is 5.69 Å². The van der Waals surface area contributed by atoms with Crippen LogP contribution in [0.5, 0.6) is 0 Å². The van der Waals surface area contributed by atoms with Gasteiger partial charge < -0.3 is 4.90 Å². The number of anilines is 1. The standard InChI is InChI=1S/C10H10N2O3S/c1-12(10(13)7-11)8-3-5-9(6-4-8)16(2,14)15/h3-6H,1-2H3. The average Bonchev–Trinajstić information content (AvgIpc) is 2.26. The molecule has 0 bridgehead atoms.